The Bertz CT molecular complexity index is 826. The molecule has 1 aromatic rings. The number of benzene rings is 1. The van der Waals surface area contributed by atoms with Crippen molar-refractivity contribution in [2.45, 2.75) is 82.9 Å². The Morgan fingerprint density at radius 3 is 1.82 bits per heavy atom. The first-order valence-corrected chi connectivity index (χ1v) is 10.7. The van der Waals surface area contributed by atoms with Gasteiger partial charge >= 0.3 is 11.9 Å². The molecule has 2 unspecified atom stereocenters. The number of ether oxygens (including phenoxy) is 2. The van der Waals surface area contributed by atoms with Crippen LogP contribution in [0.2, 0.25) is 0 Å². The summed E-state index contributed by atoms with van der Waals surface area (Å²) in [4.78, 5) is 25.1. The van der Waals surface area contributed by atoms with E-state index in [2.05, 4.69) is 4.36 Å². The topological polar surface area (TPSA) is 108 Å². The van der Waals surface area contributed by atoms with Crippen molar-refractivity contribution in [1.82, 2.24) is 0 Å². The molecular formula is C20H32N2O5S. The monoisotopic (exact) mass is 412 g/mol. The van der Waals surface area contributed by atoms with Crippen LogP contribution in [0.15, 0.2) is 33.5 Å². The van der Waals surface area contributed by atoms with E-state index in [9.17, 15) is 13.8 Å². The first-order chi connectivity index (χ1) is 12.5. The predicted octanol–water partition coefficient (Wildman–Crippen LogP) is 3.18. The average molecular weight is 413 g/mol. The molecule has 0 aliphatic rings. The Labute approximate surface area is 168 Å². The molecule has 28 heavy (non-hydrogen) atoms. The molecule has 0 aliphatic carbocycles. The first-order valence-electron chi connectivity index (χ1n) is 9.08. The van der Waals surface area contributed by atoms with Crippen LogP contribution in [0.1, 0.15) is 54.0 Å². The van der Waals surface area contributed by atoms with Crippen LogP contribution in [0, 0.1) is 6.92 Å². The van der Waals surface area contributed by atoms with Crippen LogP contribution in [0.3, 0.4) is 0 Å². The van der Waals surface area contributed by atoms with Crippen molar-refractivity contribution < 1.29 is 23.3 Å². The second kappa shape index (κ2) is 8.61. The number of nitrogens with zero attached hydrogens (tertiary/aromatic N) is 1. The zero-order valence-corrected chi connectivity index (χ0v) is 18.8. The Kier molecular flexibility index (Phi) is 7.41. The standard InChI is InChI=1S/C20H32N2O5S/c1-13-9-11-15(12-10-13)28(25,16(21)18(24)27-20(6,7)8)22-14(2)17(23)26-19(3,4)5/h9-12,14,16H,21H2,1-8H3/t14-,16?,28?/m1/s1. The van der Waals surface area contributed by atoms with E-state index in [4.69, 9.17) is 15.2 Å². The van der Waals surface area contributed by atoms with Crippen molar-refractivity contribution in [3.8, 4) is 0 Å². The van der Waals surface area contributed by atoms with Gasteiger partial charge in [0.05, 0.1) is 0 Å². The fraction of sp³-hybridized carbons (Fsp3) is 0.600. The van der Waals surface area contributed by atoms with Crippen molar-refractivity contribution in [2.24, 2.45) is 10.1 Å². The SMILES string of the molecule is Cc1ccc(S(=O)(=N[C@H](C)C(=O)OC(C)(C)C)C(N)C(=O)OC(C)(C)C)cc1. The maximum absolute atomic E-state index is 13.8. The quantitative estimate of drug-likeness (QED) is 0.744. The Hall–Kier alpha value is -1.93. The zero-order valence-electron chi connectivity index (χ0n) is 17.9. The highest BCUT2D eigenvalue weighted by molar-refractivity contribution is 7.95. The summed E-state index contributed by atoms with van der Waals surface area (Å²) < 4.78 is 28.6. The smallest absolute Gasteiger partial charge is 0.337 e. The van der Waals surface area contributed by atoms with Crippen LogP contribution in [0.25, 0.3) is 0 Å². The Morgan fingerprint density at radius 2 is 1.39 bits per heavy atom. The van der Waals surface area contributed by atoms with Gasteiger partial charge in [-0.15, -0.1) is 0 Å². The van der Waals surface area contributed by atoms with Gasteiger partial charge in [-0.05, 0) is 67.5 Å². The predicted molar refractivity (Wildman–Crippen MR) is 109 cm³/mol. The lowest BCUT2D eigenvalue weighted by molar-refractivity contribution is -0.156. The molecule has 0 spiro atoms. The first kappa shape index (κ1) is 24.1. The van der Waals surface area contributed by atoms with Gasteiger partial charge in [0.1, 0.15) is 20.9 Å². The van der Waals surface area contributed by atoms with E-state index in [1.54, 1.807) is 65.8 Å². The van der Waals surface area contributed by atoms with E-state index >= 15 is 0 Å². The summed E-state index contributed by atoms with van der Waals surface area (Å²) in [5.41, 5.74) is 5.46. The molecule has 0 heterocycles. The van der Waals surface area contributed by atoms with Crippen molar-refractivity contribution in [1.29, 1.82) is 0 Å². The second-order valence-corrected chi connectivity index (χ2v) is 11.0. The number of aryl methyl sites for hydroxylation is 1. The molecule has 2 N–H and O–H groups in total. The van der Waals surface area contributed by atoms with Gasteiger partial charge in [-0.3, -0.25) is 0 Å². The zero-order chi connectivity index (χ0) is 21.9. The van der Waals surface area contributed by atoms with Crippen molar-refractivity contribution in [2.75, 3.05) is 0 Å². The summed E-state index contributed by atoms with van der Waals surface area (Å²) in [5, 5.41) is -1.56. The molecule has 0 bridgehead atoms. The maximum atomic E-state index is 13.8. The number of hydrogen-bond donors (Lipinski definition) is 1. The van der Waals surface area contributed by atoms with Crippen LogP contribution in [0.5, 0.6) is 0 Å². The van der Waals surface area contributed by atoms with Crippen LogP contribution in [0.4, 0.5) is 0 Å². The molecule has 0 aromatic heterocycles. The van der Waals surface area contributed by atoms with Crippen LogP contribution >= 0.6 is 0 Å². The maximum Gasteiger partial charge on any atom is 0.337 e. The molecule has 7 nitrogen and oxygen atoms in total. The van der Waals surface area contributed by atoms with Crippen LogP contribution in [-0.4, -0.2) is 38.8 Å². The average Bonchev–Trinajstić information content (AvgIpc) is 2.51. The molecule has 8 heteroatoms. The van der Waals surface area contributed by atoms with Gasteiger partial charge in [-0.1, -0.05) is 17.7 Å². The van der Waals surface area contributed by atoms with E-state index in [1.165, 1.54) is 6.92 Å². The lowest BCUT2D eigenvalue weighted by atomic mass is 10.2. The fourth-order valence-electron chi connectivity index (χ4n) is 2.16. The van der Waals surface area contributed by atoms with E-state index < -0.39 is 44.3 Å². The number of nitrogens with two attached hydrogens (primary N) is 1. The lowest BCUT2D eigenvalue weighted by Gasteiger charge is -2.25. The minimum Gasteiger partial charge on any atom is -0.458 e. The summed E-state index contributed by atoms with van der Waals surface area (Å²) in [5.74, 6) is -1.50. The van der Waals surface area contributed by atoms with Gasteiger partial charge in [0.25, 0.3) is 0 Å². The lowest BCUT2D eigenvalue weighted by Crippen LogP contribution is -2.43. The molecule has 1 rings (SSSR count). The van der Waals surface area contributed by atoms with Gasteiger partial charge < -0.3 is 15.2 Å². The van der Waals surface area contributed by atoms with Crippen molar-refractivity contribution in [3.63, 3.8) is 0 Å². The Morgan fingerprint density at radius 1 is 0.964 bits per heavy atom. The summed E-state index contributed by atoms with van der Waals surface area (Å²) >= 11 is 0. The van der Waals surface area contributed by atoms with E-state index in [1.807, 2.05) is 6.92 Å². The molecule has 0 amide bonds. The highest BCUT2D eigenvalue weighted by atomic mass is 32.2. The number of carbonyl (C=O) groups excluding carboxylic acids is 2. The molecule has 1 aromatic carbocycles. The summed E-state index contributed by atoms with van der Waals surface area (Å²) in [6.07, 6.45) is 0. The molecule has 0 aliphatic heterocycles. The minimum atomic E-state index is -3.51. The van der Waals surface area contributed by atoms with E-state index in [-0.39, 0.29) is 4.90 Å². The molecule has 158 valence electrons. The number of carbonyl (C=O) groups is 2. The molecule has 0 saturated carbocycles. The molecule has 0 radical (unpaired) electrons. The van der Waals surface area contributed by atoms with Gasteiger partial charge in [0.2, 0.25) is 0 Å². The fourth-order valence-corrected chi connectivity index (χ4v) is 4.10. The molecule has 0 saturated heterocycles. The van der Waals surface area contributed by atoms with Gasteiger partial charge in [0, 0.05) is 4.90 Å². The van der Waals surface area contributed by atoms with Crippen LogP contribution < -0.4 is 5.73 Å². The second-order valence-electron chi connectivity index (χ2n) is 8.65. The summed E-state index contributed by atoms with van der Waals surface area (Å²) in [7, 11) is -3.51. The summed E-state index contributed by atoms with van der Waals surface area (Å²) in [6, 6.07) is 5.58. The van der Waals surface area contributed by atoms with Crippen molar-refractivity contribution in [3.05, 3.63) is 29.8 Å². The molecular weight excluding hydrogens is 380 g/mol. The van der Waals surface area contributed by atoms with E-state index in [0.717, 1.165) is 5.56 Å². The highest BCUT2D eigenvalue weighted by Crippen LogP contribution is 2.22. The van der Waals surface area contributed by atoms with Crippen LogP contribution in [-0.2, 0) is 28.8 Å². The normalized spacial score (nSPS) is 16.5. The number of esters is 2. The Balaban J connectivity index is 3.43. The van der Waals surface area contributed by atoms with Crippen molar-refractivity contribution >= 4 is 21.7 Å². The highest BCUT2D eigenvalue weighted by Gasteiger charge is 2.34. The number of rotatable bonds is 5. The van der Waals surface area contributed by atoms with Gasteiger partial charge in [0.15, 0.2) is 11.4 Å². The summed E-state index contributed by atoms with van der Waals surface area (Å²) in [6.45, 7) is 13.6. The third-order valence-electron chi connectivity index (χ3n) is 3.40. The molecule has 3 atom stereocenters. The largest absolute Gasteiger partial charge is 0.458 e. The van der Waals surface area contributed by atoms with Gasteiger partial charge in [-0.25, -0.2) is 18.2 Å². The minimum absolute atomic E-state index is 0.256. The number of hydrogen-bond acceptors (Lipinski definition) is 7. The van der Waals surface area contributed by atoms with E-state index in [0.29, 0.717) is 0 Å². The third-order valence-corrected chi connectivity index (χ3v) is 5.86. The molecule has 0 fully saturated rings. The van der Waals surface area contributed by atoms with Gasteiger partial charge in [-0.2, -0.15) is 0 Å². The third kappa shape index (κ3) is 6.91.